The summed E-state index contributed by atoms with van der Waals surface area (Å²) in [5, 5.41) is 0. The number of carbonyl (C=O) groups excluding carboxylic acids is 5. The van der Waals surface area contributed by atoms with Crippen molar-refractivity contribution in [2.24, 2.45) is 0 Å². The lowest BCUT2D eigenvalue weighted by Crippen LogP contribution is -2.16. The second-order valence-corrected chi connectivity index (χ2v) is 7.93. The number of ether oxygens (including phenoxy) is 5. The van der Waals surface area contributed by atoms with Crippen LogP contribution >= 0.6 is 0 Å². The first kappa shape index (κ1) is 28.3. The Labute approximate surface area is 223 Å². The van der Waals surface area contributed by atoms with Crippen molar-refractivity contribution < 1.29 is 47.7 Å². The smallest absolute Gasteiger partial charge is 0.343 e. The highest BCUT2D eigenvalue weighted by Gasteiger charge is 2.21. The predicted octanol–water partition coefficient (Wildman–Crippen LogP) is 4.24. The maximum atomic E-state index is 12.8. The monoisotopic (exact) mass is 532 g/mol. The highest BCUT2D eigenvalue weighted by molar-refractivity contribution is 5.97. The van der Waals surface area contributed by atoms with Gasteiger partial charge in [-0.3, -0.25) is 4.79 Å². The highest BCUT2D eigenvalue weighted by atomic mass is 16.6. The Bertz CT molecular complexity index is 1390. The zero-order chi connectivity index (χ0) is 28.4. The first-order chi connectivity index (χ1) is 18.7. The first-order valence-electron chi connectivity index (χ1n) is 11.6. The largest absolute Gasteiger partial charge is 0.459 e. The number of benzene rings is 3. The fourth-order valence-corrected chi connectivity index (χ4v) is 3.07. The van der Waals surface area contributed by atoms with Crippen molar-refractivity contribution in [3.05, 3.63) is 102 Å². The van der Waals surface area contributed by atoms with Crippen LogP contribution in [0, 0.1) is 6.92 Å². The Hall–Kier alpha value is -5.25. The predicted molar refractivity (Wildman–Crippen MR) is 137 cm³/mol. The molecule has 200 valence electrons. The van der Waals surface area contributed by atoms with Gasteiger partial charge in [0.25, 0.3) is 0 Å². The summed E-state index contributed by atoms with van der Waals surface area (Å²) in [6.07, 6.45) is 0.962. The third-order valence-electron chi connectivity index (χ3n) is 4.95. The molecular weight excluding hydrogens is 508 g/mol. The molecule has 0 bridgehead atoms. The van der Waals surface area contributed by atoms with Gasteiger partial charge in [-0.05, 0) is 61.5 Å². The molecule has 0 amide bonds. The zero-order valence-electron chi connectivity index (χ0n) is 21.1. The maximum absolute atomic E-state index is 12.8. The van der Waals surface area contributed by atoms with Crippen LogP contribution in [-0.2, 0) is 19.1 Å². The van der Waals surface area contributed by atoms with Crippen LogP contribution in [0.15, 0.2) is 79.4 Å². The summed E-state index contributed by atoms with van der Waals surface area (Å²) in [6.45, 7) is 5.86. The summed E-state index contributed by atoms with van der Waals surface area (Å²) in [6, 6.07) is 16.1. The minimum atomic E-state index is -0.925. The fourth-order valence-electron chi connectivity index (χ4n) is 3.07. The third kappa shape index (κ3) is 8.39. The topological polar surface area (TPSA) is 132 Å². The summed E-state index contributed by atoms with van der Waals surface area (Å²) in [5.41, 5.74) is 1.14. The van der Waals surface area contributed by atoms with E-state index in [4.69, 9.17) is 23.7 Å². The van der Waals surface area contributed by atoms with Crippen molar-refractivity contribution in [3.63, 3.8) is 0 Å². The molecule has 10 heteroatoms. The zero-order valence-corrected chi connectivity index (χ0v) is 21.1. The van der Waals surface area contributed by atoms with Crippen molar-refractivity contribution in [2.45, 2.75) is 13.8 Å². The summed E-state index contributed by atoms with van der Waals surface area (Å²) >= 11 is 0. The second-order valence-electron chi connectivity index (χ2n) is 7.93. The van der Waals surface area contributed by atoms with Crippen LogP contribution in [0.1, 0.15) is 43.6 Å². The SMILES string of the molecule is C=CC(=O)OCCOC(=O)c1cc(OC(=O)c2ccc(C)cc2)ccc1OC(=O)c1ccc(OC(C)=O)cc1. The quantitative estimate of drug-likeness (QED) is 0.162. The molecule has 0 saturated heterocycles. The molecule has 0 aliphatic heterocycles. The third-order valence-corrected chi connectivity index (χ3v) is 4.95. The molecule has 0 unspecified atom stereocenters. The van der Waals surface area contributed by atoms with Crippen LogP contribution in [0.25, 0.3) is 0 Å². The van der Waals surface area contributed by atoms with E-state index in [-0.39, 0.29) is 41.6 Å². The van der Waals surface area contributed by atoms with E-state index in [0.29, 0.717) is 5.56 Å². The average Bonchev–Trinajstić information content (AvgIpc) is 2.92. The van der Waals surface area contributed by atoms with E-state index in [1.165, 1.54) is 49.4 Å². The van der Waals surface area contributed by atoms with Gasteiger partial charge in [0, 0.05) is 13.0 Å². The van der Waals surface area contributed by atoms with Crippen LogP contribution in [0.5, 0.6) is 17.2 Å². The molecule has 0 fully saturated rings. The molecule has 0 saturated carbocycles. The lowest BCUT2D eigenvalue weighted by Gasteiger charge is -2.13. The normalized spacial score (nSPS) is 10.1. The van der Waals surface area contributed by atoms with Gasteiger partial charge in [-0.25, -0.2) is 19.2 Å². The first-order valence-corrected chi connectivity index (χ1v) is 11.6. The van der Waals surface area contributed by atoms with E-state index < -0.39 is 29.8 Å². The molecule has 0 atom stereocenters. The Balaban J connectivity index is 1.80. The molecule has 10 nitrogen and oxygen atoms in total. The van der Waals surface area contributed by atoms with Crippen molar-refractivity contribution in [3.8, 4) is 17.2 Å². The molecule has 0 aromatic heterocycles. The summed E-state index contributed by atoms with van der Waals surface area (Å²) in [5.74, 6) is -3.55. The minimum Gasteiger partial charge on any atom is -0.459 e. The number of rotatable bonds is 10. The number of carbonyl (C=O) groups is 5. The standard InChI is InChI=1S/C29H24O10/c1-4-26(31)35-15-16-36-29(34)24-17-23(38-27(32)20-7-5-18(2)6-8-20)13-14-25(24)39-28(33)21-9-11-22(12-10-21)37-19(3)30/h4-14,17H,1,15-16H2,2-3H3. The van der Waals surface area contributed by atoms with Gasteiger partial charge >= 0.3 is 29.8 Å². The van der Waals surface area contributed by atoms with Gasteiger partial charge in [0.05, 0.1) is 11.1 Å². The Morgan fingerprint density at radius 2 is 1.26 bits per heavy atom. The van der Waals surface area contributed by atoms with Crippen molar-refractivity contribution >= 4 is 29.8 Å². The molecule has 0 aliphatic rings. The van der Waals surface area contributed by atoms with Crippen LogP contribution < -0.4 is 14.2 Å². The van der Waals surface area contributed by atoms with Crippen LogP contribution in [-0.4, -0.2) is 43.1 Å². The molecule has 0 heterocycles. The lowest BCUT2D eigenvalue weighted by molar-refractivity contribution is -0.138. The molecular formula is C29H24O10. The van der Waals surface area contributed by atoms with E-state index in [1.807, 2.05) is 6.92 Å². The molecule has 3 rings (SSSR count). The van der Waals surface area contributed by atoms with Gasteiger partial charge in [-0.2, -0.15) is 0 Å². The van der Waals surface area contributed by atoms with Crippen LogP contribution in [0.2, 0.25) is 0 Å². The number of esters is 5. The average molecular weight is 533 g/mol. The molecule has 0 radical (unpaired) electrons. The molecule has 3 aromatic carbocycles. The highest BCUT2D eigenvalue weighted by Crippen LogP contribution is 2.27. The number of aryl methyl sites for hydroxylation is 1. The Kier molecular flexibility index (Phi) is 9.69. The van der Waals surface area contributed by atoms with E-state index in [1.54, 1.807) is 24.3 Å². The van der Waals surface area contributed by atoms with E-state index in [2.05, 4.69) is 6.58 Å². The summed E-state index contributed by atoms with van der Waals surface area (Å²) in [4.78, 5) is 60.4. The fraction of sp³-hybridized carbons (Fsp3) is 0.138. The molecule has 0 N–H and O–H groups in total. The van der Waals surface area contributed by atoms with Gasteiger partial charge < -0.3 is 23.7 Å². The van der Waals surface area contributed by atoms with Crippen molar-refractivity contribution in [2.75, 3.05) is 13.2 Å². The van der Waals surface area contributed by atoms with E-state index >= 15 is 0 Å². The van der Waals surface area contributed by atoms with Gasteiger partial charge in [-0.1, -0.05) is 24.3 Å². The van der Waals surface area contributed by atoms with Crippen molar-refractivity contribution in [1.82, 2.24) is 0 Å². The molecule has 0 aliphatic carbocycles. The molecule has 0 spiro atoms. The number of hydrogen-bond donors (Lipinski definition) is 0. The maximum Gasteiger partial charge on any atom is 0.343 e. The number of hydrogen-bond acceptors (Lipinski definition) is 10. The second kappa shape index (κ2) is 13.3. The lowest BCUT2D eigenvalue weighted by atomic mass is 10.1. The molecule has 39 heavy (non-hydrogen) atoms. The van der Waals surface area contributed by atoms with Gasteiger partial charge in [0.15, 0.2) is 0 Å². The Morgan fingerprint density at radius 1 is 0.692 bits per heavy atom. The van der Waals surface area contributed by atoms with Crippen molar-refractivity contribution in [1.29, 1.82) is 0 Å². The molecule has 3 aromatic rings. The summed E-state index contributed by atoms with van der Waals surface area (Å²) < 4.78 is 25.6. The van der Waals surface area contributed by atoms with Crippen LogP contribution in [0.3, 0.4) is 0 Å². The van der Waals surface area contributed by atoms with Gasteiger partial charge in [0.2, 0.25) is 0 Å². The van der Waals surface area contributed by atoms with E-state index in [9.17, 15) is 24.0 Å². The van der Waals surface area contributed by atoms with Crippen LogP contribution in [0.4, 0.5) is 0 Å². The van der Waals surface area contributed by atoms with Gasteiger partial charge in [-0.15, -0.1) is 0 Å². The summed E-state index contributed by atoms with van der Waals surface area (Å²) in [7, 11) is 0. The Morgan fingerprint density at radius 3 is 1.87 bits per heavy atom. The minimum absolute atomic E-state index is 0.00357. The van der Waals surface area contributed by atoms with Gasteiger partial charge in [0.1, 0.15) is 36.0 Å². The van der Waals surface area contributed by atoms with E-state index in [0.717, 1.165) is 11.6 Å².